The Morgan fingerprint density at radius 3 is 2.87 bits per heavy atom. The summed E-state index contributed by atoms with van der Waals surface area (Å²) in [4.78, 5) is 15.5. The van der Waals surface area contributed by atoms with Crippen LogP contribution in [0.4, 0.5) is 5.88 Å². The average Bonchev–Trinajstić information content (AvgIpc) is 2.83. The van der Waals surface area contributed by atoms with E-state index < -0.39 is 0 Å². The molecule has 1 N–H and O–H groups in total. The molecule has 2 rings (SSSR count). The molecule has 0 fully saturated rings. The zero-order valence-corrected chi connectivity index (χ0v) is 9.09. The van der Waals surface area contributed by atoms with Crippen molar-refractivity contribution in [2.24, 2.45) is 0 Å². The van der Waals surface area contributed by atoms with Crippen molar-refractivity contribution in [1.82, 2.24) is 10.1 Å². The summed E-state index contributed by atoms with van der Waals surface area (Å²) in [5.74, 6) is 0.0981. The summed E-state index contributed by atoms with van der Waals surface area (Å²) in [7, 11) is 0. The lowest BCUT2D eigenvalue weighted by atomic mass is 10.3. The maximum atomic E-state index is 11.6. The number of nitrogens with zero attached hydrogens (tertiary/aromatic N) is 2. The first-order valence-electron chi connectivity index (χ1n) is 4.31. The lowest BCUT2D eigenvalue weighted by Gasteiger charge is -1.98. The summed E-state index contributed by atoms with van der Waals surface area (Å²) < 4.78 is 4.96. The number of aromatic nitrogens is 2. The van der Waals surface area contributed by atoms with Gasteiger partial charge in [0.05, 0.1) is 11.2 Å². The molecule has 5 nitrogen and oxygen atoms in total. The molecule has 2 aromatic rings. The zero-order valence-electron chi connectivity index (χ0n) is 8.27. The van der Waals surface area contributed by atoms with Crippen molar-refractivity contribution in [3.63, 3.8) is 0 Å². The van der Waals surface area contributed by atoms with E-state index in [1.165, 1.54) is 11.3 Å². The molecule has 0 bridgehead atoms. The largest absolute Gasteiger partial charge is 0.338 e. The van der Waals surface area contributed by atoms with Crippen LogP contribution >= 0.6 is 11.3 Å². The highest BCUT2D eigenvalue weighted by Gasteiger charge is 2.14. The van der Waals surface area contributed by atoms with Gasteiger partial charge in [-0.25, -0.2) is 4.98 Å². The highest BCUT2D eigenvalue weighted by atomic mass is 32.1. The van der Waals surface area contributed by atoms with E-state index in [0.29, 0.717) is 11.6 Å². The number of carbonyl (C=O) groups excluding carboxylic acids is 1. The number of anilines is 1. The normalized spacial score (nSPS) is 10.3. The third-order valence-corrected chi connectivity index (χ3v) is 2.64. The molecule has 0 spiro atoms. The van der Waals surface area contributed by atoms with Crippen molar-refractivity contribution in [2.45, 2.75) is 13.8 Å². The number of hydrogen-bond acceptors (Lipinski definition) is 5. The van der Waals surface area contributed by atoms with E-state index in [9.17, 15) is 4.79 Å². The van der Waals surface area contributed by atoms with Crippen LogP contribution in [0.25, 0.3) is 0 Å². The smallest absolute Gasteiger partial charge is 0.277 e. The van der Waals surface area contributed by atoms with E-state index in [2.05, 4.69) is 15.5 Å². The van der Waals surface area contributed by atoms with Gasteiger partial charge in [0, 0.05) is 10.9 Å². The predicted octanol–water partition coefficient (Wildman–Crippen LogP) is 2.00. The summed E-state index contributed by atoms with van der Waals surface area (Å²) in [6.07, 6.45) is 0. The molecule has 0 saturated heterocycles. The number of rotatable bonds is 2. The minimum atomic E-state index is -0.282. The molecular formula is C9H9N3O2S. The van der Waals surface area contributed by atoms with Gasteiger partial charge in [0.1, 0.15) is 5.69 Å². The summed E-state index contributed by atoms with van der Waals surface area (Å²) in [5, 5.41) is 8.03. The van der Waals surface area contributed by atoms with Crippen molar-refractivity contribution in [1.29, 1.82) is 0 Å². The SMILES string of the molecule is Cc1noc(NC(=O)c2cscn2)c1C. The number of nitrogens with one attached hydrogen (secondary N) is 1. The zero-order chi connectivity index (χ0) is 10.8. The van der Waals surface area contributed by atoms with Gasteiger partial charge in [-0.1, -0.05) is 5.16 Å². The second-order valence-electron chi connectivity index (χ2n) is 3.05. The van der Waals surface area contributed by atoms with Gasteiger partial charge in [0.25, 0.3) is 5.91 Å². The van der Waals surface area contributed by atoms with E-state index in [0.717, 1.165) is 11.3 Å². The van der Waals surface area contributed by atoms with Gasteiger partial charge in [0.2, 0.25) is 5.88 Å². The Morgan fingerprint density at radius 2 is 2.33 bits per heavy atom. The van der Waals surface area contributed by atoms with E-state index in [-0.39, 0.29) is 5.91 Å². The van der Waals surface area contributed by atoms with Crippen LogP contribution in [0.15, 0.2) is 15.4 Å². The fourth-order valence-corrected chi connectivity index (χ4v) is 1.56. The third-order valence-electron chi connectivity index (χ3n) is 2.05. The quantitative estimate of drug-likeness (QED) is 0.845. The van der Waals surface area contributed by atoms with Crippen molar-refractivity contribution < 1.29 is 9.32 Å². The first-order valence-corrected chi connectivity index (χ1v) is 5.25. The van der Waals surface area contributed by atoms with Crippen LogP contribution in [0, 0.1) is 13.8 Å². The van der Waals surface area contributed by atoms with Crippen LogP contribution in [0.5, 0.6) is 0 Å². The van der Waals surface area contributed by atoms with Gasteiger partial charge in [-0.05, 0) is 13.8 Å². The summed E-state index contributed by atoms with van der Waals surface area (Å²) in [5.41, 5.74) is 3.59. The molecule has 0 unspecified atom stereocenters. The van der Waals surface area contributed by atoms with Gasteiger partial charge in [-0.2, -0.15) is 0 Å². The summed E-state index contributed by atoms with van der Waals surface area (Å²) in [6.45, 7) is 3.65. The minimum absolute atomic E-state index is 0.282. The molecule has 0 aliphatic rings. The monoisotopic (exact) mass is 223 g/mol. The first kappa shape index (κ1) is 9.85. The third kappa shape index (κ3) is 1.89. The molecule has 0 saturated carbocycles. The Hall–Kier alpha value is -1.69. The van der Waals surface area contributed by atoms with Crippen LogP contribution in [-0.2, 0) is 0 Å². The van der Waals surface area contributed by atoms with Gasteiger partial charge in [-0.3, -0.25) is 10.1 Å². The standard InChI is InChI=1S/C9H9N3O2S/c1-5-6(2)12-14-9(5)11-8(13)7-3-15-4-10-7/h3-4H,1-2H3,(H,11,13). The van der Waals surface area contributed by atoms with Crippen molar-refractivity contribution >= 4 is 23.1 Å². The van der Waals surface area contributed by atoms with Gasteiger partial charge in [0.15, 0.2) is 0 Å². The molecule has 15 heavy (non-hydrogen) atoms. The number of thiazole rings is 1. The van der Waals surface area contributed by atoms with E-state index in [1.807, 2.05) is 13.8 Å². The highest BCUT2D eigenvalue weighted by molar-refractivity contribution is 7.07. The molecule has 78 valence electrons. The molecule has 2 aromatic heterocycles. The Bertz CT molecular complexity index is 476. The maximum Gasteiger partial charge on any atom is 0.277 e. The fraction of sp³-hybridized carbons (Fsp3) is 0.222. The predicted molar refractivity (Wildman–Crippen MR) is 56.0 cm³/mol. The van der Waals surface area contributed by atoms with Crippen LogP contribution in [0.2, 0.25) is 0 Å². The number of aryl methyl sites for hydroxylation is 1. The topological polar surface area (TPSA) is 68.0 Å². The lowest BCUT2D eigenvalue weighted by Crippen LogP contribution is -2.12. The molecule has 0 aliphatic carbocycles. The average molecular weight is 223 g/mol. The van der Waals surface area contributed by atoms with E-state index >= 15 is 0 Å². The Balaban J connectivity index is 2.16. The van der Waals surface area contributed by atoms with Crippen LogP contribution < -0.4 is 5.32 Å². The molecule has 0 aliphatic heterocycles. The van der Waals surface area contributed by atoms with Gasteiger partial charge < -0.3 is 4.52 Å². The fourth-order valence-electron chi connectivity index (χ4n) is 1.02. The molecule has 0 aromatic carbocycles. The Kier molecular flexibility index (Phi) is 2.51. The van der Waals surface area contributed by atoms with Gasteiger partial charge in [-0.15, -0.1) is 11.3 Å². The molecule has 0 radical (unpaired) electrons. The van der Waals surface area contributed by atoms with Crippen LogP contribution in [0.1, 0.15) is 21.7 Å². The number of hydrogen-bond donors (Lipinski definition) is 1. The minimum Gasteiger partial charge on any atom is -0.338 e. The molecule has 2 heterocycles. The lowest BCUT2D eigenvalue weighted by molar-refractivity contribution is 0.101. The van der Waals surface area contributed by atoms with Crippen molar-refractivity contribution in [2.75, 3.05) is 5.32 Å². The number of amides is 1. The second-order valence-corrected chi connectivity index (χ2v) is 3.77. The summed E-state index contributed by atoms with van der Waals surface area (Å²) in [6, 6.07) is 0. The molecule has 0 atom stereocenters. The van der Waals surface area contributed by atoms with Crippen LogP contribution in [-0.4, -0.2) is 16.0 Å². The Morgan fingerprint density at radius 1 is 1.53 bits per heavy atom. The van der Waals surface area contributed by atoms with E-state index in [1.54, 1.807) is 10.9 Å². The molecule has 1 amide bonds. The van der Waals surface area contributed by atoms with Gasteiger partial charge >= 0.3 is 0 Å². The Labute approximate surface area is 90.1 Å². The second kappa shape index (κ2) is 3.82. The molecule has 6 heteroatoms. The maximum absolute atomic E-state index is 11.6. The molecular weight excluding hydrogens is 214 g/mol. The first-order chi connectivity index (χ1) is 7.18. The summed E-state index contributed by atoms with van der Waals surface area (Å²) >= 11 is 1.37. The van der Waals surface area contributed by atoms with Crippen LogP contribution in [0.3, 0.4) is 0 Å². The van der Waals surface area contributed by atoms with Crippen molar-refractivity contribution in [3.05, 3.63) is 27.8 Å². The highest BCUT2D eigenvalue weighted by Crippen LogP contribution is 2.18. The van der Waals surface area contributed by atoms with E-state index in [4.69, 9.17) is 4.52 Å². The number of carbonyl (C=O) groups is 1. The van der Waals surface area contributed by atoms with Crippen molar-refractivity contribution in [3.8, 4) is 0 Å².